The van der Waals surface area contributed by atoms with Crippen molar-refractivity contribution in [1.82, 2.24) is 4.90 Å². The smallest absolute Gasteiger partial charge is 0.382 e. The zero-order valence-electron chi connectivity index (χ0n) is 14.6. The molecule has 1 saturated heterocycles. The van der Waals surface area contributed by atoms with Crippen LogP contribution in [-0.4, -0.2) is 24.0 Å². The van der Waals surface area contributed by atoms with Gasteiger partial charge in [-0.05, 0) is 48.7 Å². The van der Waals surface area contributed by atoms with E-state index in [9.17, 15) is 17.6 Å². The first-order valence-corrected chi connectivity index (χ1v) is 8.70. The quantitative estimate of drug-likeness (QED) is 0.779. The molecule has 0 bridgehead atoms. The van der Waals surface area contributed by atoms with Crippen molar-refractivity contribution in [3.8, 4) is 6.07 Å². The van der Waals surface area contributed by atoms with Gasteiger partial charge in [0.2, 0.25) is 0 Å². The minimum absolute atomic E-state index is 0.0727. The van der Waals surface area contributed by atoms with Gasteiger partial charge in [-0.1, -0.05) is 12.1 Å². The van der Waals surface area contributed by atoms with Gasteiger partial charge in [-0.2, -0.15) is 18.4 Å². The molecule has 2 aromatic carbocycles. The Bertz CT molecular complexity index is 817. The number of hydrogen-bond donors (Lipinski definition) is 1. The highest BCUT2D eigenvalue weighted by molar-refractivity contribution is 5.53. The lowest BCUT2D eigenvalue weighted by atomic mass is 10.0. The number of likely N-dealkylation sites (tertiary alicyclic amines) is 1. The zero-order valence-corrected chi connectivity index (χ0v) is 14.6. The van der Waals surface area contributed by atoms with Crippen LogP contribution in [0.1, 0.15) is 29.5 Å². The molecule has 1 heterocycles. The van der Waals surface area contributed by atoms with Crippen molar-refractivity contribution in [1.29, 1.82) is 5.26 Å². The first-order valence-electron chi connectivity index (χ1n) is 8.70. The summed E-state index contributed by atoms with van der Waals surface area (Å²) in [7, 11) is 0. The first kappa shape index (κ1) is 19.2. The Hall–Kier alpha value is -2.59. The summed E-state index contributed by atoms with van der Waals surface area (Å²) in [6, 6.07) is 11.8. The van der Waals surface area contributed by atoms with Gasteiger partial charge in [0, 0.05) is 31.4 Å². The molecule has 0 radical (unpaired) electrons. The van der Waals surface area contributed by atoms with Crippen LogP contribution in [0.4, 0.5) is 23.2 Å². The Balaban J connectivity index is 1.58. The molecule has 7 heteroatoms. The maximum Gasteiger partial charge on any atom is 0.417 e. The van der Waals surface area contributed by atoms with Gasteiger partial charge >= 0.3 is 6.18 Å². The summed E-state index contributed by atoms with van der Waals surface area (Å²) < 4.78 is 52.2. The van der Waals surface area contributed by atoms with Gasteiger partial charge in [-0.15, -0.1) is 0 Å². The third kappa shape index (κ3) is 4.98. The molecule has 1 aliphatic heterocycles. The van der Waals surface area contributed by atoms with Crippen molar-refractivity contribution in [3.63, 3.8) is 0 Å². The monoisotopic (exact) mass is 377 g/mol. The van der Waals surface area contributed by atoms with Crippen LogP contribution in [0.3, 0.4) is 0 Å². The molecule has 3 rings (SSSR count). The zero-order chi connectivity index (χ0) is 19.4. The topological polar surface area (TPSA) is 39.1 Å². The predicted octanol–water partition coefficient (Wildman–Crippen LogP) is 4.79. The van der Waals surface area contributed by atoms with E-state index in [2.05, 4.69) is 10.2 Å². The fourth-order valence-corrected chi connectivity index (χ4v) is 3.29. The summed E-state index contributed by atoms with van der Waals surface area (Å²) in [6.45, 7) is 2.33. The molecular weight excluding hydrogens is 358 g/mol. The van der Waals surface area contributed by atoms with Crippen LogP contribution < -0.4 is 5.32 Å². The van der Waals surface area contributed by atoms with E-state index in [-0.39, 0.29) is 17.4 Å². The van der Waals surface area contributed by atoms with Crippen LogP contribution in [0.25, 0.3) is 0 Å². The lowest BCUT2D eigenvalue weighted by Crippen LogP contribution is -2.38. The minimum Gasteiger partial charge on any atom is -0.382 e. The Kier molecular flexibility index (Phi) is 5.66. The fourth-order valence-electron chi connectivity index (χ4n) is 3.29. The van der Waals surface area contributed by atoms with E-state index in [1.165, 1.54) is 24.3 Å². The van der Waals surface area contributed by atoms with Gasteiger partial charge in [-0.3, -0.25) is 4.90 Å². The van der Waals surface area contributed by atoms with E-state index < -0.39 is 11.7 Å². The molecule has 27 heavy (non-hydrogen) atoms. The van der Waals surface area contributed by atoms with Crippen LogP contribution in [0, 0.1) is 17.1 Å². The number of nitrogens with one attached hydrogen (secondary N) is 1. The van der Waals surface area contributed by atoms with Crippen molar-refractivity contribution in [2.24, 2.45) is 0 Å². The van der Waals surface area contributed by atoms with Crippen molar-refractivity contribution in [2.45, 2.75) is 31.6 Å². The predicted molar refractivity (Wildman–Crippen MR) is 94.5 cm³/mol. The molecule has 0 atom stereocenters. The number of anilines is 1. The van der Waals surface area contributed by atoms with Gasteiger partial charge in [-0.25, -0.2) is 4.39 Å². The molecule has 142 valence electrons. The summed E-state index contributed by atoms with van der Waals surface area (Å²) in [5.41, 5.74) is 0.119. The molecule has 3 nitrogen and oxygen atoms in total. The van der Waals surface area contributed by atoms with Crippen molar-refractivity contribution in [2.75, 3.05) is 18.4 Å². The van der Waals surface area contributed by atoms with Gasteiger partial charge in [0.05, 0.1) is 17.2 Å². The number of nitrogens with zero attached hydrogens (tertiary/aromatic N) is 2. The summed E-state index contributed by atoms with van der Waals surface area (Å²) in [4.78, 5) is 2.24. The molecule has 0 aliphatic carbocycles. The van der Waals surface area contributed by atoms with Crippen LogP contribution >= 0.6 is 0 Å². The highest BCUT2D eigenvalue weighted by Crippen LogP contribution is 2.34. The summed E-state index contributed by atoms with van der Waals surface area (Å²) in [5.74, 6) is -0.262. The molecule has 2 aromatic rings. The van der Waals surface area contributed by atoms with Crippen LogP contribution in [0.2, 0.25) is 0 Å². The second-order valence-electron chi connectivity index (χ2n) is 6.69. The molecule has 0 spiro atoms. The highest BCUT2D eigenvalue weighted by Gasteiger charge is 2.34. The number of alkyl halides is 3. The third-order valence-electron chi connectivity index (χ3n) is 4.72. The molecule has 1 N–H and O–H groups in total. The van der Waals surface area contributed by atoms with E-state index in [1.807, 2.05) is 0 Å². The number of rotatable bonds is 4. The molecule has 0 amide bonds. The van der Waals surface area contributed by atoms with Gasteiger partial charge in [0.1, 0.15) is 5.82 Å². The number of hydrogen-bond acceptors (Lipinski definition) is 3. The minimum atomic E-state index is -4.55. The van der Waals surface area contributed by atoms with Gasteiger partial charge in [0.15, 0.2) is 0 Å². The number of benzene rings is 2. The first-order chi connectivity index (χ1) is 12.8. The third-order valence-corrected chi connectivity index (χ3v) is 4.72. The van der Waals surface area contributed by atoms with Crippen LogP contribution in [0.5, 0.6) is 0 Å². The lowest BCUT2D eigenvalue weighted by molar-refractivity contribution is -0.137. The largest absolute Gasteiger partial charge is 0.417 e. The molecule has 1 aliphatic rings. The van der Waals surface area contributed by atoms with Gasteiger partial charge < -0.3 is 5.32 Å². The van der Waals surface area contributed by atoms with E-state index in [0.717, 1.165) is 44.1 Å². The van der Waals surface area contributed by atoms with Gasteiger partial charge in [0.25, 0.3) is 0 Å². The van der Waals surface area contributed by atoms with Crippen molar-refractivity contribution in [3.05, 3.63) is 65.0 Å². The van der Waals surface area contributed by atoms with Crippen molar-refractivity contribution < 1.29 is 17.6 Å². The average Bonchev–Trinajstić information content (AvgIpc) is 2.64. The van der Waals surface area contributed by atoms with Crippen LogP contribution in [-0.2, 0) is 12.7 Å². The Labute approximate surface area is 155 Å². The second kappa shape index (κ2) is 7.97. The number of nitriles is 1. The summed E-state index contributed by atoms with van der Waals surface area (Å²) in [6.07, 6.45) is -2.97. The average molecular weight is 377 g/mol. The molecular formula is C20H19F4N3. The molecule has 0 unspecified atom stereocenters. The Morgan fingerprint density at radius 3 is 2.33 bits per heavy atom. The second-order valence-corrected chi connectivity index (χ2v) is 6.69. The number of piperidine rings is 1. The summed E-state index contributed by atoms with van der Waals surface area (Å²) in [5, 5.41) is 12.0. The van der Waals surface area contributed by atoms with Crippen molar-refractivity contribution >= 4 is 5.69 Å². The highest BCUT2D eigenvalue weighted by atomic mass is 19.4. The molecule has 0 saturated carbocycles. The maximum atomic E-state index is 13.1. The standard InChI is InChI=1S/C20H19F4N3/c21-16-4-1-14(2-5-16)13-27-9-7-17(8-10-27)26-18-6-3-15(12-25)19(11-18)20(22,23)24/h1-6,11,17,26H,7-10,13H2. The molecule has 0 aromatic heterocycles. The van der Waals surface area contributed by atoms with E-state index in [4.69, 9.17) is 5.26 Å². The Morgan fingerprint density at radius 1 is 1.07 bits per heavy atom. The van der Waals surface area contributed by atoms with E-state index in [0.29, 0.717) is 5.69 Å². The SMILES string of the molecule is N#Cc1ccc(NC2CCN(Cc3ccc(F)cc3)CC2)cc1C(F)(F)F. The maximum absolute atomic E-state index is 13.1. The fraction of sp³-hybridized carbons (Fsp3) is 0.350. The van der Waals surface area contributed by atoms with Crippen LogP contribution in [0.15, 0.2) is 42.5 Å². The lowest BCUT2D eigenvalue weighted by Gasteiger charge is -2.33. The Morgan fingerprint density at radius 2 is 1.74 bits per heavy atom. The van der Waals surface area contributed by atoms with E-state index in [1.54, 1.807) is 18.2 Å². The van der Waals surface area contributed by atoms with E-state index >= 15 is 0 Å². The normalized spacial score (nSPS) is 16.1. The molecule has 1 fully saturated rings. The summed E-state index contributed by atoms with van der Waals surface area (Å²) >= 11 is 0. The number of halogens is 4.